The molecule has 1 atom stereocenters. The van der Waals surface area contributed by atoms with Crippen LogP contribution in [0.25, 0.3) is 10.2 Å². The first-order chi connectivity index (χ1) is 9.61. The van der Waals surface area contributed by atoms with Gasteiger partial charge in [0.2, 0.25) is 0 Å². The van der Waals surface area contributed by atoms with Crippen molar-refractivity contribution in [1.29, 1.82) is 0 Å². The van der Waals surface area contributed by atoms with Crippen LogP contribution < -0.4 is 11.1 Å². The summed E-state index contributed by atoms with van der Waals surface area (Å²) in [7, 11) is 0. The maximum absolute atomic E-state index is 6.11. The van der Waals surface area contributed by atoms with Gasteiger partial charge in [-0.3, -0.25) is 0 Å². The number of thiazole rings is 1. The van der Waals surface area contributed by atoms with E-state index in [4.69, 9.17) is 5.73 Å². The molecule has 0 saturated heterocycles. The molecular weight excluding hydrogens is 270 g/mol. The van der Waals surface area contributed by atoms with Crippen molar-refractivity contribution in [3.8, 4) is 0 Å². The van der Waals surface area contributed by atoms with Crippen molar-refractivity contribution in [2.75, 3.05) is 11.1 Å². The molecule has 0 radical (unpaired) electrons. The smallest absolute Gasteiger partial charge is 0.0946 e. The Kier molecular flexibility index (Phi) is 3.31. The Morgan fingerprint density at radius 2 is 2.30 bits per heavy atom. The van der Waals surface area contributed by atoms with Gasteiger partial charge >= 0.3 is 0 Å². The molecule has 2 aromatic heterocycles. The summed E-state index contributed by atoms with van der Waals surface area (Å²) in [6, 6.07) is 4.27. The highest BCUT2D eigenvalue weighted by Gasteiger charge is 2.09. The van der Waals surface area contributed by atoms with Crippen LogP contribution >= 0.6 is 11.3 Å². The third-order valence-corrected chi connectivity index (χ3v) is 4.05. The number of nitrogens with two attached hydrogens (primary N) is 1. The Balaban J connectivity index is 1.80. The van der Waals surface area contributed by atoms with Crippen LogP contribution in [0.1, 0.15) is 11.9 Å². The Morgan fingerprint density at radius 3 is 3.05 bits per heavy atom. The van der Waals surface area contributed by atoms with Gasteiger partial charge in [0.15, 0.2) is 0 Å². The number of nitrogens with one attached hydrogen (secondary N) is 1. The predicted molar refractivity (Wildman–Crippen MR) is 84.1 cm³/mol. The summed E-state index contributed by atoms with van der Waals surface area (Å²) in [4.78, 5) is 8.55. The van der Waals surface area contributed by atoms with Gasteiger partial charge in [0.05, 0.1) is 32.9 Å². The minimum Gasteiger partial charge on any atom is -0.397 e. The molecule has 0 saturated carbocycles. The molecule has 1 unspecified atom stereocenters. The second kappa shape index (κ2) is 5.13. The van der Waals surface area contributed by atoms with Gasteiger partial charge in [0.25, 0.3) is 0 Å². The van der Waals surface area contributed by atoms with Gasteiger partial charge in [-0.25, -0.2) is 9.97 Å². The number of aryl methyl sites for hydroxylation is 1. The Morgan fingerprint density at radius 1 is 1.45 bits per heavy atom. The molecule has 1 aromatic carbocycles. The number of aromatic nitrogens is 3. The summed E-state index contributed by atoms with van der Waals surface area (Å²) in [5, 5.41) is 4.50. The van der Waals surface area contributed by atoms with E-state index in [9.17, 15) is 0 Å². The lowest BCUT2D eigenvalue weighted by molar-refractivity contribution is 0.619. The molecule has 0 aliphatic rings. The zero-order chi connectivity index (χ0) is 14.1. The fourth-order valence-electron chi connectivity index (χ4n) is 2.25. The number of hydrogen-bond acceptors (Lipinski definition) is 5. The lowest BCUT2D eigenvalue weighted by atomic mass is 10.2. The number of rotatable bonds is 4. The highest BCUT2D eigenvalue weighted by molar-refractivity contribution is 7.18. The van der Waals surface area contributed by atoms with Crippen LogP contribution in [-0.4, -0.2) is 20.6 Å². The highest BCUT2D eigenvalue weighted by atomic mass is 32.1. The van der Waals surface area contributed by atoms with Crippen LogP contribution in [0.2, 0.25) is 0 Å². The van der Waals surface area contributed by atoms with Gasteiger partial charge in [-0.05, 0) is 26.0 Å². The molecule has 0 bridgehead atoms. The number of fused-ring (bicyclic) bond motifs is 1. The quantitative estimate of drug-likeness (QED) is 0.724. The number of benzene rings is 1. The van der Waals surface area contributed by atoms with Crippen LogP contribution in [0.4, 0.5) is 11.4 Å². The van der Waals surface area contributed by atoms with Gasteiger partial charge in [-0.2, -0.15) is 0 Å². The summed E-state index contributed by atoms with van der Waals surface area (Å²) in [5.41, 5.74) is 8.82. The van der Waals surface area contributed by atoms with Crippen molar-refractivity contribution in [2.45, 2.75) is 26.4 Å². The summed E-state index contributed by atoms with van der Waals surface area (Å²) < 4.78 is 3.17. The van der Waals surface area contributed by atoms with E-state index < -0.39 is 0 Å². The Bertz CT molecular complexity index is 717. The van der Waals surface area contributed by atoms with E-state index in [1.54, 1.807) is 17.5 Å². The molecule has 0 amide bonds. The Labute approximate surface area is 121 Å². The first-order valence-electron chi connectivity index (χ1n) is 6.51. The fourth-order valence-corrected chi connectivity index (χ4v) is 3.11. The van der Waals surface area contributed by atoms with E-state index in [1.165, 1.54) is 0 Å². The number of hydrogen-bond donors (Lipinski definition) is 2. The molecule has 3 rings (SSSR count). The van der Waals surface area contributed by atoms with Crippen LogP contribution in [0.5, 0.6) is 0 Å². The third kappa shape index (κ3) is 2.60. The summed E-state index contributed by atoms with van der Waals surface area (Å²) in [6.45, 7) is 4.97. The molecule has 0 aliphatic heterocycles. The van der Waals surface area contributed by atoms with Crippen molar-refractivity contribution in [3.63, 3.8) is 0 Å². The number of imidazole rings is 1. The molecular formula is C14H17N5S. The van der Waals surface area contributed by atoms with Crippen LogP contribution in [-0.2, 0) is 6.54 Å². The zero-order valence-corrected chi connectivity index (χ0v) is 12.3. The Hall–Kier alpha value is -2.08. The summed E-state index contributed by atoms with van der Waals surface area (Å²) in [6.07, 6.45) is 5.55. The summed E-state index contributed by atoms with van der Waals surface area (Å²) in [5.74, 6) is 0. The SMILES string of the molecule is Cc1nc2cc(NC(C)Cn3ccnc3)c(N)cc2s1. The van der Waals surface area contributed by atoms with Gasteiger partial charge < -0.3 is 15.6 Å². The lowest BCUT2D eigenvalue weighted by Gasteiger charge is -2.17. The maximum atomic E-state index is 6.11. The molecule has 5 nitrogen and oxygen atoms in total. The maximum Gasteiger partial charge on any atom is 0.0946 e. The molecule has 0 fully saturated rings. The van der Waals surface area contributed by atoms with Crippen molar-refractivity contribution in [3.05, 3.63) is 35.9 Å². The molecule has 0 spiro atoms. The standard InChI is InChI=1S/C14H17N5S/c1-9(7-19-4-3-16-8-19)17-12-6-13-14(5-11(12)15)20-10(2)18-13/h3-6,8-9,17H,7,15H2,1-2H3. The van der Waals surface area contributed by atoms with E-state index in [0.717, 1.165) is 33.1 Å². The largest absolute Gasteiger partial charge is 0.397 e. The zero-order valence-electron chi connectivity index (χ0n) is 11.5. The van der Waals surface area contributed by atoms with Crippen molar-refractivity contribution in [2.24, 2.45) is 0 Å². The molecule has 3 aromatic rings. The molecule has 2 heterocycles. The van der Waals surface area contributed by atoms with Crippen molar-refractivity contribution in [1.82, 2.24) is 14.5 Å². The van der Waals surface area contributed by atoms with Gasteiger partial charge in [-0.15, -0.1) is 11.3 Å². The van der Waals surface area contributed by atoms with Crippen LogP contribution in [0, 0.1) is 6.92 Å². The highest BCUT2D eigenvalue weighted by Crippen LogP contribution is 2.30. The number of nitrogen functional groups attached to an aromatic ring is 1. The second-order valence-corrected chi connectivity index (χ2v) is 6.18. The average Bonchev–Trinajstić information content (AvgIpc) is 2.98. The van der Waals surface area contributed by atoms with Gasteiger partial charge in [-0.1, -0.05) is 0 Å². The minimum atomic E-state index is 0.253. The van der Waals surface area contributed by atoms with E-state index >= 15 is 0 Å². The molecule has 104 valence electrons. The molecule has 6 heteroatoms. The lowest BCUT2D eigenvalue weighted by Crippen LogP contribution is -2.21. The topological polar surface area (TPSA) is 68.8 Å². The molecule has 3 N–H and O–H groups in total. The first kappa shape index (κ1) is 12.9. The van der Waals surface area contributed by atoms with Crippen LogP contribution in [0.15, 0.2) is 30.9 Å². The van der Waals surface area contributed by atoms with Crippen molar-refractivity contribution < 1.29 is 0 Å². The van der Waals surface area contributed by atoms with E-state index in [1.807, 2.05) is 36.1 Å². The van der Waals surface area contributed by atoms with E-state index in [-0.39, 0.29) is 6.04 Å². The number of nitrogens with zero attached hydrogens (tertiary/aromatic N) is 3. The average molecular weight is 287 g/mol. The van der Waals surface area contributed by atoms with Crippen LogP contribution in [0.3, 0.4) is 0 Å². The predicted octanol–water partition coefficient (Wildman–Crippen LogP) is 2.88. The summed E-state index contributed by atoms with van der Waals surface area (Å²) >= 11 is 1.67. The first-order valence-corrected chi connectivity index (χ1v) is 7.32. The van der Waals surface area contributed by atoms with Crippen molar-refractivity contribution >= 4 is 32.9 Å². The van der Waals surface area contributed by atoms with Gasteiger partial charge in [0.1, 0.15) is 0 Å². The third-order valence-electron chi connectivity index (χ3n) is 3.11. The number of anilines is 2. The van der Waals surface area contributed by atoms with E-state index in [0.29, 0.717) is 0 Å². The molecule has 0 aliphatic carbocycles. The fraction of sp³-hybridized carbons (Fsp3) is 0.286. The van der Waals surface area contributed by atoms with E-state index in [2.05, 4.69) is 22.2 Å². The second-order valence-electron chi connectivity index (χ2n) is 4.94. The normalized spacial score (nSPS) is 12.7. The van der Waals surface area contributed by atoms with Gasteiger partial charge in [0, 0.05) is 25.0 Å². The monoisotopic (exact) mass is 287 g/mol. The minimum absolute atomic E-state index is 0.253. The molecule has 20 heavy (non-hydrogen) atoms.